The number of fused-ring (bicyclic) bond motifs is 1. The van der Waals surface area contributed by atoms with E-state index in [4.69, 9.17) is 0 Å². The molecular formula is C19H24FN3O2. The minimum absolute atomic E-state index is 0.0972. The summed E-state index contributed by atoms with van der Waals surface area (Å²) in [4.78, 5) is 30.4. The van der Waals surface area contributed by atoms with Gasteiger partial charge >= 0.3 is 0 Å². The maximum absolute atomic E-state index is 13.4. The lowest BCUT2D eigenvalue weighted by atomic mass is 10.1. The van der Waals surface area contributed by atoms with Gasteiger partial charge in [0.15, 0.2) is 0 Å². The summed E-state index contributed by atoms with van der Waals surface area (Å²) in [7, 11) is 0. The van der Waals surface area contributed by atoms with Gasteiger partial charge in [0.2, 0.25) is 5.91 Å². The van der Waals surface area contributed by atoms with Crippen LogP contribution in [0.3, 0.4) is 0 Å². The Morgan fingerprint density at radius 3 is 2.60 bits per heavy atom. The molecule has 1 N–H and O–H groups in total. The standard InChI is InChI=1S/C19H24FN3O2/c1-4-23(5-2)18(24)7-6-10-21-19(25)16-11-13(3)22-17-12-14(20)8-9-15(16)17/h8-9,11-12H,4-7,10H2,1-3H3,(H,21,25). The van der Waals surface area contributed by atoms with E-state index in [0.717, 1.165) is 0 Å². The molecule has 0 aliphatic rings. The largest absolute Gasteiger partial charge is 0.352 e. The van der Waals surface area contributed by atoms with Crippen molar-refractivity contribution in [2.24, 2.45) is 0 Å². The van der Waals surface area contributed by atoms with E-state index < -0.39 is 0 Å². The fourth-order valence-corrected chi connectivity index (χ4v) is 2.79. The quantitative estimate of drug-likeness (QED) is 0.785. The van der Waals surface area contributed by atoms with E-state index in [1.807, 2.05) is 13.8 Å². The number of nitrogens with one attached hydrogen (secondary N) is 1. The smallest absolute Gasteiger partial charge is 0.252 e. The highest BCUT2D eigenvalue weighted by Crippen LogP contribution is 2.19. The van der Waals surface area contributed by atoms with Crippen molar-refractivity contribution in [3.05, 3.63) is 41.3 Å². The van der Waals surface area contributed by atoms with Gasteiger partial charge in [-0.15, -0.1) is 0 Å². The van der Waals surface area contributed by atoms with Crippen LogP contribution >= 0.6 is 0 Å². The molecule has 0 unspecified atom stereocenters. The number of halogens is 1. The van der Waals surface area contributed by atoms with E-state index in [9.17, 15) is 14.0 Å². The van der Waals surface area contributed by atoms with E-state index in [-0.39, 0.29) is 17.6 Å². The maximum atomic E-state index is 13.4. The lowest BCUT2D eigenvalue weighted by Gasteiger charge is -2.18. The van der Waals surface area contributed by atoms with E-state index in [0.29, 0.717) is 54.6 Å². The van der Waals surface area contributed by atoms with Crippen molar-refractivity contribution in [2.75, 3.05) is 19.6 Å². The zero-order chi connectivity index (χ0) is 18.4. The summed E-state index contributed by atoms with van der Waals surface area (Å²) in [5.41, 5.74) is 1.58. The van der Waals surface area contributed by atoms with Gasteiger partial charge in [-0.05, 0) is 45.4 Å². The SMILES string of the molecule is CCN(CC)C(=O)CCCNC(=O)c1cc(C)nc2cc(F)ccc12. The lowest BCUT2D eigenvalue weighted by Crippen LogP contribution is -2.31. The van der Waals surface area contributed by atoms with Crippen LogP contribution < -0.4 is 5.32 Å². The highest BCUT2D eigenvalue weighted by Gasteiger charge is 2.13. The van der Waals surface area contributed by atoms with Crippen LogP contribution in [0.5, 0.6) is 0 Å². The molecule has 1 aromatic carbocycles. The van der Waals surface area contributed by atoms with Gasteiger partial charge in [-0.3, -0.25) is 14.6 Å². The molecule has 0 aliphatic heterocycles. The number of aromatic nitrogens is 1. The number of pyridine rings is 1. The molecule has 2 rings (SSSR count). The molecule has 2 amide bonds. The third-order valence-corrected chi connectivity index (χ3v) is 4.11. The number of hydrogen-bond donors (Lipinski definition) is 1. The van der Waals surface area contributed by atoms with Gasteiger partial charge in [0.1, 0.15) is 5.82 Å². The Morgan fingerprint density at radius 2 is 1.92 bits per heavy atom. The molecule has 134 valence electrons. The summed E-state index contributed by atoms with van der Waals surface area (Å²) in [6, 6.07) is 5.90. The van der Waals surface area contributed by atoms with Gasteiger partial charge in [-0.25, -0.2) is 4.39 Å². The Morgan fingerprint density at radius 1 is 1.20 bits per heavy atom. The number of carbonyl (C=O) groups excluding carboxylic acids is 2. The first kappa shape index (κ1) is 18.8. The molecule has 1 aromatic heterocycles. The van der Waals surface area contributed by atoms with Crippen LogP contribution in [0.4, 0.5) is 4.39 Å². The second-order valence-electron chi connectivity index (χ2n) is 5.90. The molecule has 0 spiro atoms. The van der Waals surface area contributed by atoms with Crippen LogP contribution in [0.1, 0.15) is 42.7 Å². The predicted octanol–water partition coefficient (Wildman–Crippen LogP) is 3.06. The third-order valence-electron chi connectivity index (χ3n) is 4.11. The Labute approximate surface area is 147 Å². The second kappa shape index (κ2) is 8.55. The van der Waals surface area contributed by atoms with E-state index in [1.165, 1.54) is 12.1 Å². The van der Waals surface area contributed by atoms with Crippen LogP contribution in [-0.4, -0.2) is 41.3 Å². The highest BCUT2D eigenvalue weighted by atomic mass is 19.1. The van der Waals surface area contributed by atoms with Crippen LogP contribution in [0, 0.1) is 12.7 Å². The van der Waals surface area contributed by atoms with Crippen molar-refractivity contribution in [2.45, 2.75) is 33.6 Å². The van der Waals surface area contributed by atoms with Crippen molar-refractivity contribution >= 4 is 22.7 Å². The Bertz CT molecular complexity index is 767. The summed E-state index contributed by atoms with van der Waals surface area (Å²) in [5.74, 6) is -0.524. The Hall–Kier alpha value is -2.50. The summed E-state index contributed by atoms with van der Waals surface area (Å²) in [6.07, 6.45) is 0.987. The second-order valence-corrected chi connectivity index (χ2v) is 5.90. The normalized spacial score (nSPS) is 10.7. The van der Waals surface area contributed by atoms with Crippen molar-refractivity contribution in [3.63, 3.8) is 0 Å². The van der Waals surface area contributed by atoms with E-state index in [1.54, 1.807) is 24.0 Å². The van der Waals surface area contributed by atoms with Crippen LogP contribution in [0.15, 0.2) is 24.3 Å². The minimum Gasteiger partial charge on any atom is -0.352 e. The fourth-order valence-electron chi connectivity index (χ4n) is 2.79. The monoisotopic (exact) mass is 345 g/mol. The summed E-state index contributed by atoms with van der Waals surface area (Å²) >= 11 is 0. The third kappa shape index (κ3) is 4.75. The minimum atomic E-state index is -0.383. The zero-order valence-electron chi connectivity index (χ0n) is 14.9. The molecule has 0 saturated carbocycles. The van der Waals surface area contributed by atoms with Gasteiger partial charge in [-0.2, -0.15) is 0 Å². The summed E-state index contributed by atoms with van der Waals surface area (Å²) in [5, 5.41) is 3.45. The van der Waals surface area contributed by atoms with Gasteiger partial charge in [-0.1, -0.05) is 0 Å². The van der Waals surface area contributed by atoms with Gasteiger partial charge in [0, 0.05) is 43.2 Å². The Kier molecular flexibility index (Phi) is 6.44. The molecule has 5 nitrogen and oxygen atoms in total. The number of nitrogens with zero attached hydrogens (tertiary/aromatic N) is 2. The predicted molar refractivity (Wildman–Crippen MR) is 95.9 cm³/mol. The topological polar surface area (TPSA) is 62.3 Å². The van der Waals surface area contributed by atoms with Crippen LogP contribution in [0.2, 0.25) is 0 Å². The molecule has 0 bridgehead atoms. The first-order valence-electron chi connectivity index (χ1n) is 8.59. The summed E-state index contributed by atoms with van der Waals surface area (Å²) in [6.45, 7) is 7.46. The van der Waals surface area contributed by atoms with E-state index >= 15 is 0 Å². The molecule has 0 atom stereocenters. The number of hydrogen-bond acceptors (Lipinski definition) is 3. The van der Waals surface area contributed by atoms with E-state index in [2.05, 4.69) is 10.3 Å². The number of aryl methyl sites for hydroxylation is 1. The summed E-state index contributed by atoms with van der Waals surface area (Å²) < 4.78 is 13.4. The highest BCUT2D eigenvalue weighted by molar-refractivity contribution is 6.06. The number of carbonyl (C=O) groups is 2. The molecule has 2 aromatic rings. The molecule has 25 heavy (non-hydrogen) atoms. The fraction of sp³-hybridized carbons (Fsp3) is 0.421. The molecule has 6 heteroatoms. The molecule has 0 fully saturated rings. The molecule has 1 heterocycles. The molecule has 0 radical (unpaired) electrons. The Balaban J connectivity index is 2.00. The van der Waals surface area contributed by atoms with Crippen molar-refractivity contribution in [1.29, 1.82) is 0 Å². The van der Waals surface area contributed by atoms with Gasteiger partial charge < -0.3 is 10.2 Å². The maximum Gasteiger partial charge on any atom is 0.252 e. The lowest BCUT2D eigenvalue weighted by molar-refractivity contribution is -0.130. The van der Waals surface area contributed by atoms with Crippen molar-refractivity contribution < 1.29 is 14.0 Å². The number of benzene rings is 1. The average Bonchev–Trinajstić information content (AvgIpc) is 2.58. The first-order valence-corrected chi connectivity index (χ1v) is 8.59. The number of rotatable bonds is 7. The zero-order valence-corrected chi connectivity index (χ0v) is 14.9. The molecule has 0 saturated heterocycles. The molecule has 0 aliphatic carbocycles. The van der Waals surface area contributed by atoms with Gasteiger partial charge in [0.25, 0.3) is 5.91 Å². The van der Waals surface area contributed by atoms with Crippen LogP contribution in [-0.2, 0) is 4.79 Å². The first-order chi connectivity index (χ1) is 12.0. The average molecular weight is 345 g/mol. The van der Waals surface area contributed by atoms with Crippen LogP contribution in [0.25, 0.3) is 10.9 Å². The van der Waals surface area contributed by atoms with Crippen molar-refractivity contribution in [3.8, 4) is 0 Å². The van der Waals surface area contributed by atoms with Gasteiger partial charge in [0.05, 0.1) is 11.1 Å². The number of amides is 2. The molecular weight excluding hydrogens is 321 g/mol. The van der Waals surface area contributed by atoms with Crippen molar-refractivity contribution in [1.82, 2.24) is 15.2 Å².